The minimum absolute atomic E-state index is 0.0662. The average Bonchev–Trinajstić information content (AvgIpc) is 2.84. The summed E-state index contributed by atoms with van der Waals surface area (Å²) in [5.41, 5.74) is 0.848. The fourth-order valence-corrected chi connectivity index (χ4v) is 5.35. The Kier molecular flexibility index (Phi) is 7.45. The highest BCUT2D eigenvalue weighted by Gasteiger charge is 2.39. The monoisotopic (exact) mass is 428 g/mol. The molecule has 0 spiro atoms. The van der Waals surface area contributed by atoms with Gasteiger partial charge in [-0.25, -0.2) is 4.79 Å². The summed E-state index contributed by atoms with van der Waals surface area (Å²) >= 11 is 0. The van der Waals surface area contributed by atoms with Crippen LogP contribution in [0.1, 0.15) is 44.9 Å². The summed E-state index contributed by atoms with van der Waals surface area (Å²) in [6.07, 6.45) is 7.72. The molecule has 7 heteroatoms. The van der Waals surface area contributed by atoms with Crippen molar-refractivity contribution in [3.63, 3.8) is 0 Å². The minimum Gasteiger partial charge on any atom is -0.379 e. The SMILES string of the molecule is O=C(NCC1(N2CCOCC2)CCCCC1)C1CCCN(C(=O)Nc2ccccc2)C1. The van der Waals surface area contributed by atoms with Gasteiger partial charge in [-0.3, -0.25) is 9.69 Å². The van der Waals surface area contributed by atoms with E-state index in [-0.39, 0.29) is 23.4 Å². The molecule has 1 unspecified atom stereocenters. The highest BCUT2D eigenvalue weighted by molar-refractivity contribution is 5.90. The standard InChI is InChI=1S/C24H36N4O3/c29-22(25-19-24(11-5-2-6-12-24)28-14-16-31-17-15-28)20-8-7-13-27(18-20)23(30)26-21-9-3-1-4-10-21/h1,3-4,9-10,20H,2,5-8,11-19H2,(H,25,29)(H,26,30). The smallest absolute Gasteiger partial charge is 0.321 e. The topological polar surface area (TPSA) is 73.9 Å². The number of rotatable bonds is 5. The van der Waals surface area contributed by atoms with Crippen LogP contribution in [0.4, 0.5) is 10.5 Å². The molecule has 3 amide bonds. The lowest BCUT2D eigenvalue weighted by Gasteiger charge is -2.48. The van der Waals surface area contributed by atoms with Gasteiger partial charge in [0.05, 0.1) is 19.1 Å². The quantitative estimate of drug-likeness (QED) is 0.756. The Labute approximate surface area is 185 Å². The lowest BCUT2D eigenvalue weighted by atomic mass is 9.79. The number of piperidine rings is 1. The summed E-state index contributed by atoms with van der Waals surface area (Å²) in [5, 5.41) is 6.23. The zero-order chi connectivity index (χ0) is 21.5. The second-order valence-corrected chi connectivity index (χ2v) is 9.18. The molecular formula is C24H36N4O3. The predicted molar refractivity (Wildman–Crippen MR) is 121 cm³/mol. The molecule has 1 aliphatic carbocycles. The molecule has 31 heavy (non-hydrogen) atoms. The van der Waals surface area contributed by atoms with Crippen LogP contribution < -0.4 is 10.6 Å². The summed E-state index contributed by atoms with van der Waals surface area (Å²) < 4.78 is 5.56. The van der Waals surface area contributed by atoms with Crippen molar-refractivity contribution in [3.8, 4) is 0 Å². The number of hydrogen-bond acceptors (Lipinski definition) is 4. The van der Waals surface area contributed by atoms with Crippen molar-refractivity contribution >= 4 is 17.6 Å². The number of ether oxygens (including phenoxy) is 1. The number of para-hydroxylation sites is 1. The summed E-state index contributed by atoms with van der Waals surface area (Å²) in [4.78, 5) is 30.1. The van der Waals surface area contributed by atoms with Gasteiger partial charge in [0.1, 0.15) is 0 Å². The molecule has 7 nitrogen and oxygen atoms in total. The third-order valence-electron chi connectivity index (χ3n) is 7.16. The number of carbonyl (C=O) groups is 2. The third kappa shape index (κ3) is 5.57. The zero-order valence-corrected chi connectivity index (χ0v) is 18.5. The van der Waals surface area contributed by atoms with Gasteiger partial charge in [0.2, 0.25) is 5.91 Å². The molecule has 1 aromatic carbocycles. The van der Waals surface area contributed by atoms with E-state index in [1.807, 2.05) is 30.3 Å². The van der Waals surface area contributed by atoms with E-state index in [1.165, 1.54) is 19.3 Å². The van der Waals surface area contributed by atoms with Crippen LogP contribution in [0.5, 0.6) is 0 Å². The number of likely N-dealkylation sites (tertiary alicyclic amines) is 1. The van der Waals surface area contributed by atoms with E-state index in [0.29, 0.717) is 19.6 Å². The molecule has 3 fully saturated rings. The number of nitrogens with one attached hydrogen (secondary N) is 2. The highest BCUT2D eigenvalue weighted by atomic mass is 16.5. The van der Waals surface area contributed by atoms with Gasteiger partial charge in [-0.1, -0.05) is 37.5 Å². The average molecular weight is 429 g/mol. The Hall–Kier alpha value is -2.12. The van der Waals surface area contributed by atoms with Crippen molar-refractivity contribution in [3.05, 3.63) is 30.3 Å². The molecule has 1 atom stereocenters. The fraction of sp³-hybridized carbons (Fsp3) is 0.667. The van der Waals surface area contributed by atoms with Crippen molar-refractivity contribution in [2.24, 2.45) is 5.92 Å². The van der Waals surface area contributed by atoms with Gasteiger partial charge < -0.3 is 20.3 Å². The van der Waals surface area contributed by atoms with Gasteiger partial charge in [0.15, 0.2) is 0 Å². The van der Waals surface area contributed by atoms with E-state index < -0.39 is 0 Å². The predicted octanol–water partition coefficient (Wildman–Crippen LogP) is 3.08. The van der Waals surface area contributed by atoms with Crippen LogP contribution in [-0.2, 0) is 9.53 Å². The van der Waals surface area contributed by atoms with E-state index in [2.05, 4.69) is 15.5 Å². The molecule has 2 N–H and O–H groups in total. The molecule has 1 saturated carbocycles. The van der Waals surface area contributed by atoms with Crippen molar-refractivity contribution in [2.45, 2.75) is 50.5 Å². The van der Waals surface area contributed by atoms with E-state index in [1.54, 1.807) is 4.90 Å². The molecule has 0 aromatic heterocycles. The highest BCUT2D eigenvalue weighted by Crippen LogP contribution is 2.34. The van der Waals surface area contributed by atoms with Gasteiger partial charge in [0, 0.05) is 44.0 Å². The Balaban J connectivity index is 1.32. The summed E-state index contributed by atoms with van der Waals surface area (Å²) in [7, 11) is 0. The molecule has 0 bridgehead atoms. The summed E-state index contributed by atoms with van der Waals surface area (Å²) in [6, 6.07) is 9.35. The van der Waals surface area contributed by atoms with Crippen molar-refractivity contribution in [1.82, 2.24) is 15.1 Å². The number of nitrogens with zero attached hydrogens (tertiary/aromatic N) is 2. The first-order valence-electron chi connectivity index (χ1n) is 11.9. The van der Waals surface area contributed by atoms with E-state index in [9.17, 15) is 9.59 Å². The van der Waals surface area contributed by atoms with Crippen LogP contribution in [0, 0.1) is 5.92 Å². The van der Waals surface area contributed by atoms with Gasteiger partial charge in [-0.15, -0.1) is 0 Å². The number of anilines is 1. The molecule has 2 saturated heterocycles. The van der Waals surface area contributed by atoms with Crippen molar-refractivity contribution < 1.29 is 14.3 Å². The number of hydrogen-bond donors (Lipinski definition) is 2. The van der Waals surface area contributed by atoms with Gasteiger partial charge in [-0.05, 0) is 37.8 Å². The normalized spacial score (nSPS) is 24.4. The van der Waals surface area contributed by atoms with Gasteiger partial charge >= 0.3 is 6.03 Å². The van der Waals surface area contributed by atoms with Crippen LogP contribution in [0.3, 0.4) is 0 Å². The molecular weight excluding hydrogens is 392 g/mol. The minimum atomic E-state index is -0.138. The Morgan fingerprint density at radius 3 is 2.48 bits per heavy atom. The molecule has 4 rings (SSSR count). The van der Waals surface area contributed by atoms with E-state index >= 15 is 0 Å². The summed E-state index contributed by atoms with van der Waals surface area (Å²) in [6.45, 7) is 5.35. The first kappa shape index (κ1) is 22.1. The molecule has 3 aliphatic rings. The van der Waals surface area contributed by atoms with Crippen LogP contribution in [0.25, 0.3) is 0 Å². The molecule has 170 valence electrons. The maximum absolute atomic E-state index is 13.1. The Morgan fingerprint density at radius 1 is 1.00 bits per heavy atom. The lowest BCUT2D eigenvalue weighted by Crippen LogP contribution is -2.60. The number of urea groups is 1. The van der Waals surface area contributed by atoms with E-state index in [4.69, 9.17) is 4.74 Å². The number of benzene rings is 1. The number of carbonyl (C=O) groups excluding carboxylic acids is 2. The van der Waals surface area contributed by atoms with Crippen molar-refractivity contribution in [1.29, 1.82) is 0 Å². The van der Waals surface area contributed by atoms with Crippen molar-refractivity contribution in [2.75, 3.05) is 51.3 Å². The second kappa shape index (κ2) is 10.5. The van der Waals surface area contributed by atoms with Gasteiger partial charge in [0.25, 0.3) is 0 Å². The largest absolute Gasteiger partial charge is 0.379 e. The fourth-order valence-electron chi connectivity index (χ4n) is 5.35. The van der Waals surface area contributed by atoms with Crippen LogP contribution >= 0.6 is 0 Å². The molecule has 2 aliphatic heterocycles. The van der Waals surface area contributed by atoms with Crippen LogP contribution in [-0.4, -0.2) is 73.2 Å². The molecule has 0 radical (unpaired) electrons. The molecule has 2 heterocycles. The van der Waals surface area contributed by atoms with E-state index in [0.717, 1.165) is 57.7 Å². The number of morpholine rings is 1. The maximum Gasteiger partial charge on any atom is 0.321 e. The van der Waals surface area contributed by atoms with Crippen LogP contribution in [0.2, 0.25) is 0 Å². The first-order chi connectivity index (χ1) is 15.2. The Bertz CT molecular complexity index is 730. The van der Waals surface area contributed by atoms with Gasteiger partial charge in [-0.2, -0.15) is 0 Å². The first-order valence-corrected chi connectivity index (χ1v) is 11.9. The molecule has 1 aromatic rings. The third-order valence-corrected chi connectivity index (χ3v) is 7.16. The zero-order valence-electron chi connectivity index (χ0n) is 18.5. The lowest BCUT2D eigenvalue weighted by molar-refractivity contribution is -0.127. The summed E-state index contributed by atoms with van der Waals surface area (Å²) in [5.74, 6) is -0.0453. The van der Waals surface area contributed by atoms with Crippen LogP contribution in [0.15, 0.2) is 30.3 Å². The second-order valence-electron chi connectivity index (χ2n) is 9.18. The number of amides is 3. The maximum atomic E-state index is 13.1. The Morgan fingerprint density at radius 2 is 1.74 bits per heavy atom.